The number of azide groups is 1. The zero-order chi connectivity index (χ0) is 16.7. The third-order valence-electron chi connectivity index (χ3n) is 2.59. The summed E-state index contributed by atoms with van der Waals surface area (Å²) in [5.41, 5.74) is 21.1. The van der Waals surface area contributed by atoms with Gasteiger partial charge in [-0.3, -0.25) is 0 Å². The Balaban J connectivity index is 0.000000174. The van der Waals surface area contributed by atoms with Crippen LogP contribution in [0, 0.1) is 6.92 Å². The van der Waals surface area contributed by atoms with Crippen molar-refractivity contribution in [3.8, 4) is 0 Å². The molecule has 0 aliphatic heterocycles. The van der Waals surface area contributed by atoms with E-state index in [0.717, 1.165) is 17.1 Å². The molecular formula is C11H16N12. The lowest BCUT2D eigenvalue weighted by atomic mass is 10.5. The number of aryl methyl sites for hydroxylation is 1. The van der Waals surface area contributed by atoms with Crippen molar-refractivity contribution >= 4 is 11.9 Å². The van der Waals surface area contributed by atoms with Gasteiger partial charge in [0.25, 0.3) is 0 Å². The molecule has 3 aromatic rings. The van der Waals surface area contributed by atoms with Gasteiger partial charge in [0, 0.05) is 16.8 Å². The van der Waals surface area contributed by atoms with E-state index in [1.165, 1.54) is 6.20 Å². The van der Waals surface area contributed by atoms with Crippen LogP contribution >= 0.6 is 0 Å². The third kappa shape index (κ3) is 5.06. The Labute approximate surface area is 130 Å². The highest BCUT2D eigenvalue weighted by molar-refractivity contribution is 5.18. The van der Waals surface area contributed by atoms with Gasteiger partial charge in [-0.2, -0.15) is 0 Å². The van der Waals surface area contributed by atoms with E-state index >= 15 is 0 Å². The normalized spacial score (nSPS) is 9.78. The summed E-state index contributed by atoms with van der Waals surface area (Å²) < 4.78 is 1.72. The summed E-state index contributed by atoms with van der Waals surface area (Å²) in [7, 11) is 0. The van der Waals surface area contributed by atoms with Crippen LogP contribution in [0.15, 0.2) is 23.7 Å². The minimum absolute atomic E-state index is 0.265. The maximum atomic E-state index is 7.93. The number of rotatable bonds is 4. The molecule has 0 saturated carbocycles. The van der Waals surface area contributed by atoms with Gasteiger partial charge in [-0.1, -0.05) is 10.3 Å². The van der Waals surface area contributed by atoms with Crippen LogP contribution in [0.25, 0.3) is 10.4 Å². The molecule has 12 nitrogen and oxygen atoms in total. The van der Waals surface area contributed by atoms with Crippen molar-refractivity contribution in [1.82, 2.24) is 34.9 Å². The summed E-state index contributed by atoms with van der Waals surface area (Å²) in [6.07, 6.45) is 5.08. The largest absolute Gasteiger partial charge is 0.369 e. The van der Waals surface area contributed by atoms with Crippen LogP contribution in [-0.2, 0) is 13.1 Å². The van der Waals surface area contributed by atoms with E-state index in [0.29, 0.717) is 18.4 Å². The smallest absolute Gasteiger partial charge is 0.197 e. The van der Waals surface area contributed by atoms with Gasteiger partial charge < -0.3 is 21.4 Å². The summed E-state index contributed by atoms with van der Waals surface area (Å²) in [5, 5.41) is 11.1. The number of nitrogens with one attached hydrogen (secondary N) is 2. The quantitative estimate of drug-likeness (QED) is 0.312. The molecule has 0 saturated heterocycles. The third-order valence-corrected chi connectivity index (χ3v) is 2.59. The zero-order valence-electron chi connectivity index (χ0n) is 12.4. The second-order valence-corrected chi connectivity index (χ2v) is 4.53. The lowest BCUT2D eigenvalue weighted by Gasteiger charge is -1.94. The van der Waals surface area contributed by atoms with Crippen LogP contribution in [0.1, 0.15) is 17.1 Å². The highest BCUT2D eigenvalue weighted by Crippen LogP contribution is 2.00. The van der Waals surface area contributed by atoms with E-state index < -0.39 is 0 Å². The summed E-state index contributed by atoms with van der Waals surface area (Å²) in [4.78, 5) is 15.8. The molecule has 0 unspecified atom stereocenters. The maximum Gasteiger partial charge on any atom is 0.197 e. The van der Waals surface area contributed by atoms with Crippen molar-refractivity contribution in [1.29, 1.82) is 0 Å². The number of H-pyrrole nitrogens is 2. The van der Waals surface area contributed by atoms with E-state index in [-0.39, 0.29) is 6.54 Å². The van der Waals surface area contributed by atoms with E-state index in [2.05, 4.69) is 40.3 Å². The van der Waals surface area contributed by atoms with Crippen molar-refractivity contribution in [2.24, 2.45) is 5.11 Å². The highest BCUT2D eigenvalue weighted by atomic mass is 15.4. The molecule has 120 valence electrons. The number of imidazole rings is 2. The number of hydrogen-bond acceptors (Lipinski definition) is 7. The second-order valence-electron chi connectivity index (χ2n) is 4.53. The molecule has 0 fully saturated rings. The first kappa shape index (κ1) is 15.9. The fourth-order valence-corrected chi connectivity index (χ4v) is 1.67. The Kier molecular flexibility index (Phi) is 5.15. The summed E-state index contributed by atoms with van der Waals surface area (Å²) >= 11 is 0. The van der Waals surface area contributed by atoms with E-state index in [1.807, 2.05) is 13.1 Å². The SMILES string of the molecule is Cc1cn(Cc2cnc(N)[nH]2)nn1.[N-]=[N+]=NCc1cnc(N)[nH]1. The van der Waals surface area contributed by atoms with Gasteiger partial charge >= 0.3 is 0 Å². The first-order chi connectivity index (χ1) is 11.1. The van der Waals surface area contributed by atoms with E-state index in [9.17, 15) is 0 Å². The van der Waals surface area contributed by atoms with Gasteiger partial charge in [0.05, 0.1) is 36.9 Å². The first-order valence-corrected chi connectivity index (χ1v) is 6.53. The van der Waals surface area contributed by atoms with E-state index in [1.54, 1.807) is 10.9 Å². The Bertz CT molecular complexity index is 751. The van der Waals surface area contributed by atoms with Crippen LogP contribution in [0.3, 0.4) is 0 Å². The van der Waals surface area contributed by atoms with Crippen molar-refractivity contribution in [2.45, 2.75) is 20.0 Å². The monoisotopic (exact) mass is 316 g/mol. The Hall–Kier alpha value is -3.53. The molecule has 0 atom stereocenters. The van der Waals surface area contributed by atoms with E-state index in [4.69, 9.17) is 17.0 Å². The highest BCUT2D eigenvalue weighted by Gasteiger charge is 2.00. The topological polar surface area (TPSA) is 189 Å². The lowest BCUT2D eigenvalue weighted by Crippen LogP contribution is -2.00. The first-order valence-electron chi connectivity index (χ1n) is 6.53. The number of aromatic amines is 2. The number of anilines is 2. The number of hydrogen-bond donors (Lipinski definition) is 4. The van der Waals surface area contributed by atoms with Gasteiger partial charge in [-0.05, 0) is 12.5 Å². The second kappa shape index (κ2) is 7.47. The predicted octanol–water partition coefficient (Wildman–Crippen LogP) is 0.742. The average Bonchev–Trinajstić information content (AvgIpc) is 3.21. The number of aromatic nitrogens is 7. The minimum atomic E-state index is 0.265. The van der Waals surface area contributed by atoms with Crippen LogP contribution in [0.4, 0.5) is 11.9 Å². The lowest BCUT2D eigenvalue weighted by molar-refractivity contribution is 0.641. The summed E-state index contributed by atoms with van der Waals surface area (Å²) in [5.74, 6) is 0.759. The number of nitrogens with two attached hydrogens (primary N) is 2. The molecule has 3 aromatic heterocycles. The molecule has 12 heteroatoms. The van der Waals surface area contributed by atoms with Crippen molar-refractivity contribution < 1.29 is 0 Å². The molecule has 0 aliphatic rings. The molecular weight excluding hydrogens is 300 g/mol. The van der Waals surface area contributed by atoms with Crippen LogP contribution in [-0.4, -0.2) is 34.9 Å². The molecule has 0 bridgehead atoms. The Morgan fingerprint density at radius 1 is 1.22 bits per heavy atom. The van der Waals surface area contributed by atoms with Gasteiger partial charge in [0.2, 0.25) is 0 Å². The standard InChI is InChI=1S/C7H10N6.C4H6N6/c1-5-3-13(12-11-5)4-6-2-9-7(8)10-6;5-4-7-1-3(9-4)2-8-10-6/h2-3H,4H2,1H3,(H3,8,9,10);1H,2H2,(H3,5,7,9). The molecule has 0 aliphatic carbocycles. The van der Waals surface area contributed by atoms with Gasteiger partial charge in [-0.25, -0.2) is 14.6 Å². The molecule has 0 spiro atoms. The summed E-state index contributed by atoms with van der Waals surface area (Å²) in [6.45, 7) is 2.77. The summed E-state index contributed by atoms with van der Waals surface area (Å²) in [6, 6.07) is 0. The zero-order valence-corrected chi connectivity index (χ0v) is 12.4. The Morgan fingerprint density at radius 3 is 2.35 bits per heavy atom. The molecule has 0 radical (unpaired) electrons. The van der Waals surface area contributed by atoms with Crippen molar-refractivity contribution in [2.75, 3.05) is 11.5 Å². The molecule has 0 amide bonds. The van der Waals surface area contributed by atoms with Crippen LogP contribution in [0.5, 0.6) is 0 Å². The Morgan fingerprint density at radius 2 is 1.87 bits per heavy atom. The fourth-order valence-electron chi connectivity index (χ4n) is 1.67. The molecule has 0 aromatic carbocycles. The van der Waals surface area contributed by atoms with Crippen LogP contribution < -0.4 is 11.5 Å². The molecule has 6 N–H and O–H groups in total. The number of nitrogens with zero attached hydrogens (tertiary/aromatic N) is 8. The molecule has 3 heterocycles. The number of nitrogen functional groups attached to an aromatic ring is 2. The predicted molar refractivity (Wildman–Crippen MR) is 82.7 cm³/mol. The maximum absolute atomic E-state index is 7.93. The van der Waals surface area contributed by atoms with Gasteiger partial charge in [-0.15, -0.1) is 5.10 Å². The van der Waals surface area contributed by atoms with Gasteiger partial charge in [0.1, 0.15) is 0 Å². The van der Waals surface area contributed by atoms with Crippen molar-refractivity contribution in [3.63, 3.8) is 0 Å². The van der Waals surface area contributed by atoms with Gasteiger partial charge in [0.15, 0.2) is 11.9 Å². The van der Waals surface area contributed by atoms with Crippen LogP contribution in [0.2, 0.25) is 0 Å². The molecule has 23 heavy (non-hydrogen) atoms. The minimum Gasteiger partial charge on any atom is -0.369 e. The fraction of sp³-hybridized carbons (Fsp3) is 0.273. The average molecular weight is 316 g/mol. The van der Waals surface area contributed by atoms with Crippen molar-refractivity contribution in [3.05, 3.63) is 46.1 Å². The molecule has 3 rings (SSSR count).